The fourth-order valence-electron chi connectivity index (χ4n) is 7.47. The van der Waals surface area contributed by atoms with Gasteiger partial charge < -0.3 is 29.8 Å². The first kappa shape index (κ1) is 34.6. The van der Waals surface area contributed by atoms with Crippen molar-refractivity contribution in [3.8, 4) is 23.0 Å². The summed E-state index contributed by atoms with van der Waals surface area (Å²) < 4.78 is 10.7. The van der Waals surface area contributed by atoms with Gasteiger partial charge in [-0.2, -0.15) is 0 Å². The van der Waals surface area contributed by atoms with Gasteiger partial charge in [-0.05, 0) is 129 Å². The number of methoxy groups -OCH3 is 2. The van der Waals surface area contributed by atoms with E-state index < -0.39 is 12.0 Å². The maximum atomic E-state index is 14.4. The highest BCUT2D eigenvalue weighted by atomic mass is 16.5. The number of phenols is 2. The second kappa shape index (κ2) is 15.2. The number of nitrogens with one attached hydrogen (secondary N) is 1. The molecule has 7 aromatic rings. The molecule has 52 heavy (non-hydrogen) atoms. The van der Waals surface area contributed by atoms with Gasteiger partial charge in [0, 0.05) is 24.7 Å². The van der Waals surface area contributed by atoms with Gasteiger partial charge in [0.25, 0.3) is 0 Å². The third-order valence-corrected chi connectivity index (χ3v) is 10.3. The Kier molecular flexibility index (Phi) is 10.1. The second-order valence-corrected chi connectivity index (χ2v) is 13.8. The van der Waals surface area contributed by atoms with Crippen molar-refractivity contribution in [2.45, 2.75) is 38.2 Å². The first-order valence-corrected chi connectivity index (χ1v) is 17.7. The number of H-pyrrole nitrogens is 1. The van der Waals surface area contributed by atoms with Crippen molar-refractivity contribution in [2.75, 3.05) is 14.2 Å². The van der Waals surface area contributed by atoms with E-state index in [1.807, 2.05) is 30.6 Å². The molecule has 0 radical (unpaired) electrons. The van der Waals surface area contributed by atoms with E-state index in [-0.39, 0.29) is 29.6 Å². The SMILES string of the molecule is COc1cc(C[C@H](Cc2ccc3c(ccc4cc5ccccc5cc43)c2)C(=O)C[C@@H](O)[C@@H](Cc2cc[nH]c2)Cc2ccc(O)c(OC)c2)ccc1O. The largest absolute Gasteiger partial charge is 0.504 e. The van der Waals surface area contributed by atoms with Gasteiger partial charge >= 0.3 is 0 Å². The molecular formula is C45H43NO6. The number of carbonyl (C=O) groups is 1. The molecule has 0 amide bonds. The fourth-order valence-corrected chi connectivity index (χ4v) is 7.47. The van der Waals surface area contributed by atoms with Crippen LogP contribution in [0.4, 0.5) is 0 Å². The number of hydrogen-bond donors (Lipinski definition) is 4. The molecule has 1 aromatic heterocycles. The van der Waals surface area contributed by atoms with Crippen LogP contribution in [0.3, 0.4) is 0 Å². The molecule has 0 aliphatic heterocycles. The van der Waals surface area contributed by atoms with Gasteiger partial charge in [-0.3, -0.25) is 4.79 Å². The minimum absolute atomic E-state index is 0.0184. The summed E-state index contributed by atoms with van der Waals surface area (Å²) in [6, 6.07) is 35.9. The van der Waals surface area contributed by atoms with Crippen LogP contribution >= 0.6 is 0 Å². The Hall–Kier alpha value is -5.79. The first-order valence-electron chi connectivity index (χ1n) is 17.7. The number of aliphatic hydroxyl groups excluding tert-OH is 1. The Bertz CT molecular complexity index is 2350. The Morgan fingerprint density at radius 1 is 0.615 bits per heavy atom. The van der Waals surface area contributed by atoms with E-state index >= 15 is 0 Å². The van der Waals surface area contributed by atoms with E-state index in [1.165, 1.54) is 35.8 Å². The topological polar surface area (TPSA) is 112 Å². The zero-order valence-corrected chi connectivity index (χ0v) is 29.4. The maximum absolute atomic E-state index is 14.4. The van der Waals surface area contributed by atoms with Crippen LogP contribution in [-0.4, -0.2) is 46.4 Å². The minimum atomic E-state index is -0.920. The molecule has 4 N–H and O–H groups in total. The predicted octanol–water partition coefficient (Wildman–Crippen LogP) is 8.73. The monoisotopic (exact) mass is 693 g/mol. The fraction of sp³-hybridized carbons (Fsp3) is 0.222. The number of ketones is 1. The molecule has 0 aliphatic rings. The van der Waals surface area contributed by atoms with Crippen molar-refractivity contribution < 1.29 is 29.6 Å². The lowest BCUT2D eigenvalue weighted by molar-refractivity contribution is -0.125. The lowest BCUT2D eigenvalue weighted by Gasteiger charge is -2.25. The van der Waals surface area contributed by atoms with Crippen LogP contribution in [0.1, 0.15) is 28.7 Å². The number of benzene rings is 6. The van der Waals surface area contributed by atoms with Crippen molar-refractivity contribution >= 4 is 38.1 Å². The third-order valence-electron chi connectivity index (χ3n) is 10.3. The van der Waals surface area contributed by atoms with Gasteiger partial charge in [-0.15, -0.1) is 0 Å². The molecule has 1 heterocycles. The smallest absolute Gasteiger partial charge is 0.160 e. The molecule has 7 rings (SSSR count). The number of aromatic hydroxyl groups is 2. The van der Waals surface area contributed by atoms with Crippen LogP contribution in [0.2, 0.25) is 0 Å². The number of aromatic amines is 1. The summed E-state index contributed by atoms with van der Waals surface area (Å²) >= 11 is 0. The summed E-state index contributed by atoms with van der Waals surface area (Å²) in [7, 11) is 3.01. The normalized spacial score (nSPS) is 13.3. The highest BCUT2D eigenvalue weighted by molar-refractivity contribution is 6.12. The van der Waals surface area contributed by atoms with Gasteiger partial charge in [0.1, 0.15) is 5.78 Å². The number of hydrogen-bond acceptors (Lipinski definition) is 6. The van der Waals surface area contributed by atoms with Crippen molar-refractivity contribution in [2.24, 2.45) is 11.8 Å². The van der Waals surface area contributed by atoms with Crippen LogP contribution in [0.5, 0.6) is 23.0 Å². The standard InChI is InChI=1S/C45H43NO6/c1-51-44-22-29(8-13-40(44)47)19-36(18-28-7-12-38-34(17-28)10-11-35-24-32-5-3-4-6-33(32)25-39(35)38)42(49)26-43(50)37(21-31-15-16-46-27-31)20-30-9-14-41(48)45(23-30)52-2/h3-17,22-25,27,36-37,43,46-48,50H,18-21,26H2,1-2H3/t36-,37+,43+/m0/s1. The Balaban J connectivity index is 1.18. The average molecular weight is 694 g/mol. The quantitative estimate of drug-likeness (QED) is 0.0670. The van der Waals surface area contributed by atoms with E-state index in [0.717, 1.165) is 33.0 Å². The molecule has 7 heteroatoms. The molecule has 0 bridgehead atoms. The summed E-state index contributed by atoms with van der Waals surface area (Å²) in [5, 5.41) is 39.2. The number of phenolic OH excluding ortho intramolecular Hbond substituents is 2. The Morgan fingerprint density at radius 2 is 1.19 bits per heavy atom. The van der Waals surface area contributed by atoms with Gasteiger partial charge in [0.05, 0.1) is 20.3 Å². The van der Waals surface area contributed by atoms with E-state index in [2.05, 4.69) is 71.7 Å². The van der Waals surface area contributed by atoms with Crippen LogP contribution in [0.15, 0.2) is 122 Å². The summed E-state index contributed by atoms with van der Waals surface area (Å²) in [5.41, 5.74) is 3.82. The van der Waals surface area contributed by atoms with E-state index in [4.69, 9.17) is 9.47 Å². The number of rotatable bonds is 14. The maximum Gasteiger partial charge on any atom is 0.160 e. The predicted molar refractivity (Wildman–Crippen MR) is 206 cm³/mol. The Morgan fingerprint density at radius 3 is 1.83 bits per heavy atom. The molecule has 0 fully saturated rings. The van der Waals surface area contributed by atoms with Crippen molar-refractivity contribution in [3.05, 3.63) is 144 Å². The lowest BCUT2D eigenvalue weighted by Crippen LogP contribution is -2.31. The Labute approximate surface area is 303 Å². The van der Waals surface area contributed by atoms with Gasteiger partial charge in [0.2, 0.25) is 0 Å². The number of Topliss-reactive ketones (excluding diaryl/α,β-unsaturated/α-hetero) is 1. The molecule has 0 unspecified atom stereocenters. The number of carbonyl (C=O) groups excluding carboxylic acids is 1. The van der Waals surface area contributed by atoms with Crippen molar-refractivity contribution in [1.82, 2.24) is 4.98 Å². The van der Waals surface area contributed by atoms with Gasteiger partial charge in [-0.25, -0.2) is 0 Å². The van der Waals surface area contributed by atoms with Crippen LogP contribution in [0.25, 0.3) is 32.3 Å². The highest BCUT2D eigenvalue weighted by Gasteiger charge is 2.28. The van der Waals surface area contributed by atoms with Gasteiger partial charge in [0.15, 0.2) is 23.0 Å². The molecule has 0 aliphatic carbocycles. The van der Waals surface area contributed by atoms with Crippen molar-refractivity contribution in [3.63, 3.8) is 0 Å². The summed E-state index contributed by atoms with van der Waals surface area (Å²) in [4.78, 5) is 17.4. The third kappa shape index (κ3) is 7.60. The zero-order chi connectivity index (χ0) is 36.2. The highest BCUT2D eigenvalue weighted by Crippen LogP contribution is 2.33. The molecule has 3 atom stereocenters. The molecular weight excluding hydrogens is 650 g/mol. The number of aliphatic hydroxyl groups is 1. The van der Waals surface area contributed by atoms with Crippen LogP contribution in [0, 0.1) is 11.8 Å². The van der Waals surface area contributed by atoms with Crippen LogP contribution < -0.4 is 9.47 Å². The molecule has 264 valence electrons. The molecule has 0 saturated heterocycles. The number of aromatic nitrogens is 1. The van der Waals surface area contributed by atoms with E-state index in [0.29, 0.717) is 37.2 Å². The van der Waals surface area contributed by atoms with E-state index in [9.17, 15) is 20.1 Å². The van der Waals surface area contributed by atoms with E-state index in [1.54, 1.807) is 24.3 Å². The second-order valence-electron chi connectivity index (χ2n) is 13.8. The van der Waals surface area contributed by atoms with Crippen LogP contribution in [-0.2, 0) is 30.5 Å². The average Bonchev–Trinajstić information content (AvgIpc) is 3.68. The molecule has 7 nitrogen and oxygen atoms in total. The lowest BCUT2D eigenvalue weighted by atomic mass is 9.82. The van der Waals surface area contributed by atoms with Crippen molar-refractivity contribution in [1.29, 1.82) is 0 Å². The zero-order valence-electron chi connectivity index (χ0n) is 29.4. The first-order chi connectivity index (χ1) is 25.3. The molecule has 6 aromatic carbocycles. The summed E-state index contributed by atoms with van der Waals surface area (Å²) in [5.74, 6) is 0.0629. The summed E-state index contributed by atoms with van der Waals surface area (Å²) in [6.45, 7) is 0. The summed E-state index contributed by atoms with van der Waals surface area (Å²) in [6.07, 6.45) is 4.78. The number of ether oxygens (including phenoxy) is 2. The molecule has 0 saturated carbocycles. The molecule has 0 spiro atoms. The minimum Gasteiger partial charge on any atom is -0.504 e. The van der Waals surface area contributed by atoms with Gasteiger partial charge in [-0.1, -0.05) is 66.7 Å². The number of fused-ring (bicyclic) bond motifs is 4.